The van der Waals surface area contributed by atoms with E-state index in [0.29, 0.717) is 23.9 Å². The molecule has 0 aliphatic rings. The van der Waals surface area contributed by atoms with E-state index < -0.39 is 0 Å². The molecule has 3 aromatic rings. The molecule has 0 saturated heterocycles. The van der Waals surface area contributed by atoms with E-state index in [1.165, 1.54) is 0 Å². The second kappa shape index (κ2) is 6.48. The van der Waals surface area contributed by atoms with E-state index >= 15 is 0 Å². The molecule has 0 radical (unpaired) electrons. The smallest absolute Gasteiger partial charge is 0.238 e. The van der Waals surface area contributed by atoms with Crippen LogP contribution in [-0.4, -0.2) is 16.0 Å². The number of anilines is 1. The maximum atomic E-state index is 12.0. The number of carbonyl (C=O) groups is 1. The number of hydrogen-bond donors (Lipinski definition) is 1. The van der Waals surface area contributed by atoms with Crippen LogP contribution in [0.4, 0.5) is 5.69 Å². The van der Waals surface area contributed by atoms with Gasteiger partial charge < -0.3 is 14.3 Å². The molecule has 0 bridgehead atoms. The Kier molecular flexibility index (Phi) is 4.23. The van der Waals surface area contributed by atoms with Gasteiger partial charge in [-0.1, -0.05) is 22.9 Å². The van der Waals surface area contributed by atoms with E-state index in [0.717, 1.165) is 16.8 Å². The first-order valence-electron chi connectivity index (χ1n) is 7.35. The zero-order chi connectivity index (χ0) is 16.2. The third-order valence-corrected chi connectivity index (χ3v) is 3.43. The molecule has 0 fully saturated rings. The number of furan rings is 1. The summed E-state index contributed by atoms with van der Waals surface area (Å²) >= 11 is 0. The summed E-state index contributed by atoms with van der Waals surface area (Å²) in [6, 6.07) is 9.41. The molecular weight excluding hydrogens is 294 g/mol. The molecule has 1 N–H and O–H groups in total. The van der Waals surface area contributed by atoms with Crippen LogP contribution in [0.2, 0.25) is 0 Å². The minimum atomic E-state index is -0.0882. The fourth-order valence-electron chi connectivity index (χ4n) is 2.25. The summed E-state index contributed by atoms with van der Waals surface area (Å²) in [6.45, 7) is 3.99. The van der Waals surface area contributed by atoms with Crippen molar-refractivity contribution in [2.75, 3.05) is 5.32 Å². The van der Waals surface area contributed by atoms with Crippen LogP contribution in [0.15, 0.2) is 45.5 Å². The third kappa shape index (κ3) is 3.66. The lowest BCUT2D eigenvalue weighted by Gasteiger charge is -2.08. The molecule has 1 amide bonds. The third-order valence-electron chi connectivity index (χ3n) is 3.43. The summed E-state index contributed by atoms with van der Waals surface area (Å²) < 4.78 is 10.3. The number of aryl methyl sites for hydroxylation is 3. The van der Waals surface area contributed by atoms with E-state index in [4.69, 9.17) is 8.94 Å². The van der Waals surface area contributed by atoms with E-state index in [1.807, 2.05) is 32.0 Å². The van der Waals surface area contributed by atoms with Gasteiger partial charge >= 0.3 is 0 Å². The van der Waals surface area contributed by atoms with Crippen molar-refractivity contribution in [3.05, 3.63) is 53.6 Å². The first-order chi connectivity index (χ1) is 11.1. The van der Waals surface area contributed by atoms with E-state index in [2.05, 4.69) is 15.5 Å². The fraction of sp³-hybridized carbons (Fsp3) is 0.235. The lowest BCUT2D eigenvalue weighted by Crippen LogP contribution is -2.13. The van der Waals surface area contributed by atoms with Gasteiger partial charge in [0.05, 0.1) is 6.26 Å². The van der Waals surface area contributed by atoms with Crippen molar-refractivity contribution < 1.29 is 13.7 Å². The number of nitrogens with zero attached hydrogens (tertiary/aromatic N) is 2. The summed E-state index contributed by atoms with van der Waals surface area (Å²) in [4.78, 5) is 16.2. The Labute approximate surface area is 133 Å². The van der Waals surface area contributed by atoms with Crippen LogP contribution < -0.4 is 5.32 Å². The standard InChI is InChI=1S/C17H17N3O3/c1-11-5-6-13(12(2)10-11)18-15(21)7-8-16-19-17(20-23-16)14-4-3-9-22-14/h3-6,9-10H,7-8H2,1-2H3,(H,18,21). The maximum Gasteiger partial charge on any atom is 0.238 e. The normalized spacial score (nSPS) is 10.7. The van der Waals surface area contributed by atoms with Gasteiger partial charge in [-0.2, -0.15) is 4.98 Å². The van der Waals surface area contributed by atoms with Gasteiger partial charge in [0.15, 0.2) is 5.76 Å². The minimum absolute atomic E-state index is 0.0882. The van der Waals surface area contributed by atoms with Gasteiger partial charge in [-0.15, -0.1) is 0 Å². The average molecular weight is 311 g/mol. The highest BCUT2D eigenvalue weighted by molar-refractivity contribution is 5.91. The van der Waals surface area contributed by atoms with Gasteiger partial charge in [0.1, 0.15) is 0 Å². The van der Waals surface area contributed by atoms with Gasteiger partial charge in [-0.05, 0) is 37.6 Å². The van der Waals surface area contributed by atoms with Crippen LogP contribution in [0.1, 0.15) is 23.4 Å². The van der Waals surface area contributed by atoms with E-state index in [9.17, 15) is 4.79 Å². The number of aromatic nitrogens is 2. The molecule has 6 heteroatoms. The molecule has 2 aromatic heterocycles. The van der Waals surface area contributed by atoms with Crippen molar-refractivity contribution in [3.8, 4) is 11.6 Å². The number of amides is 1. The highest BCUT2D eigenvalue weighted by Gasteiger charge is 2.12. The van der Waals surface area contributed by atoms with Gasteiger partial charge in [0.25, 0.3) is 0 Å². The largest absolute Gasteiger partial charge is 0.461 e. The van der Waals surface area contributed by atoms with Crippen molar-refractivity contribution in [1.82, 2.24) is 10.1 Å². The molecule has 0 spiro atoms. The number of carbonyl (C=O) groups excluding carboxylic acids is 1. The van der Waals surface area contributed by atoms with E-state index in [-0.39, 0.29) is 12.3 Å². The number of benzene rings is 1. The van der Waals surface area contributed by atoms with Crippen molar-refractivity contribution >= 4 is 11.6 Å². The van der Waals surface area contributed by atoms with Crippen LogP contribution in [0.25, 0.3) is 11.6 Å². The Morgan fingerprint density at radius 2 is 2.13 bits per heavy atom. The van der Waals surface area contributed by atoms with Crippen molar-refractivity contribution in [3.63, 3.8) is 0 Å². The SMILES string of the molecule is Cc1ccc(NC(=O)CCc2nc(-c3ccco3)no2)c(C)c1. The summed E-state index contributed by atoms with van der Waals surface area (Å²) in [6.07, 6.45) is 2.19. The van der Waals surface area contributed by atoms with Crippen LogP contribution in [0.5, 0.6) is 0 Å². The van der Waals surface area contributed by atoms with E-state index in [1.54, 1.807) is 18.4 Å². The van der Waals surface area contributed by atoms with Crippen molar-refractivity contribution in [2.45, 2.75) is 26.7 Å². The Morgan fingerprint density at radius 3 is 2.87 bits per heavy atom. The summed E-state index contributed by atoms with van der Waals surface area (Å²) in [5, 5.41) is 6.73. The van der Waals surface area contributed by atoms with Crippen LogP contribution >= 0.6 is 0 Å². The molecule has 0 saturated carbocycles. The molecule has 2 heterocycles. The average Bonchev–Trinajstić information content (AvgIpc) is 3.18. The monoisotopic (exact) mass is 311 g/mol. The second-order valence-electron chi connectivity index (χ2n) is 5.36. The second-order valence-corrected chi connectivity index (χ2v) is 5.36. The van der Waals surface area contributed by atoms with Gasteiger partial charge in [0.2, 0.25) is 17.6 Å². The highest BCUT2D eigenvalue weighted by Crippen LogP contribution is 2.18. The molecule has 6 nitrogen and oxygen atoms in total. The highest BCUT2D eigenvalue weighted by atomic mass is 16.5. The number of nitrogens with one attached hydrogen (secondary N) is 1. The predicted molar refractivity (Wildman–Crippen MR) is 84.9 cm³/mol. The maximum absolute atomic E-state index is 12.0. The topological polar surface area (TPSA) is 81.2 Å². The Balaban J connectivity index is 1.57. The summed E-state index contributed by atoms with van der Waals surface area (Å²) in [7, 11) is 0. The Morgan fingerprint density at radius 1 is 1.26 bits per heavy atom. The fourth-order valence-corrected chi connectivity index (χ4v) is 2.25. The Bertz CT molecular complexity index is 806. The molecular formula is C17H17N3O3. The molecule has 118 valence electrons. The van der Waals surface area contributed by atoms with Crippen molar-refractivity contribution in [2.24, 2.45) is 0 Å². The first-order valence-corrected chi connectivity index (χ1v) is 7.35. The predicted octanol–water partition coefficient (Wildman–Crippen LogP) is 3.52. The lowest BCUT2D eigenvalue weighted by molar-refractivity contribution is -0.116. The number of hydrogen-bond acceptors (Lipinski definition) is 5. The molecule has 0 atom stereocenters. The van der Waals surface area contributed by atoms with Crippen molar-refractivity contribution in [1.29, 1.82) is 0 Å². The molecule has 23 heavy (non-hydrogen) atoms. The van der Waals surface area contributed by atoms with Crippen LogP contribution in [-0.2, 0) is 11.2 Å². The molecule has 3 rings (SSSR count). The van der Waals surface area contributed by atoms with Crippen LogP contribution in [0.3, 0.4) is 0 Å². The number of rotatable bonds is 5. The summed E-state index contributed by atoms with van der Waals surface area (Å²) in [5.74, 6) is 1.25. The molecule has 0 unspecified atom stereocenters. The molecule has 0 aliphatic carbocycles. The first kappa shape index (κ1) is 15.0. The minimum Gasteiger partial charge on any atom is -0.461 e. The zero-order valence-corrected chi connectivity index (χ0v) is 13.0. The lowest BCUT2D eigenvalue weighted by atomic mass is 10.1. The van der Waals surface area contributed by atoms with Gasteiger partial charge in [-0.25, -0.2) is 0 Å². The Hall–Kier alpha value is -2.89. The molecule has 0 aliphatic heterocycles. The zero-order valence-electron chi connectivity index (χ0n) is 13.0. The van der Waals surface area contributed by atoms with Gasteiger partial charge in [0, 0.05) is 18.5 Å². The van der Waals surface area contributed by atoms with Crippen LogP contribution in [0, 0.1) is 13.8 Å². The molecule has 1 aromatic carbocycles. The summed E-state index contributed by atoms with van der Waals surface area (Å²) in [5.41, 5.74) is 3.02. The van der Waals surface area contributed by atoms with Gasteiger partial charge in [-0.3, -0.25) is 4.79 Å². The quantitative estimate of drug-likeness (QED) is 0.779.